The molecule has 33 heavy (non-hydrogen) atoms. The van der Waals surface area contributed by atoms with E-state index >= 15 is 0 Å². The van der Waals surface area contributed by atoms with Crippen molar-refractivity contribution in [3.8, 4) is 6.07 Å². The van der Waals surface area contributed by atoms with Crippen molar-refractivity contribution in [1.29, 1.82) is 5.26 Å². The zero-order valence-electron chi connectivity index (χ0n) is 17.9. The van der Waals surface area contributed by atoms with Crippen LogP contribution in [0.25, 0.3) is 11.1 Å². The van der Waals surface area contributed by atoms with E-state index in [1.807, 2.05) is 0 Å². The molecular weight excluding hydrogens is 426 g/mol. The Morgan fingerprint density at radius 1 is 1.12 bits per heavy atom. The molecule has 0 bridgehead atoms. The largest absolute Gasteiger partial charge is 0.426 e. The maximum atomic E-state index is 12.5. The molecule has 10 heteroatoms. The Balaban J connectivity index is 1.17. The second-order valence-electron chi connectivity index (χ2n) is 7.71. The Bertz CT molecular complexity index is 1230. The third kappa shape index (κ3) is 5.85. The van der Waals surface area contributed by atoms with E-state index in [0.29, 0.717) is 67.9 Å². The Morgan fingerprint density at radius 3 is 2.61 bits per heavy atom. The summed E-state index contributed by atoms with van der Waals surface area (Å²) in [6.07, 6.45) is -0.193. The van der Waals surface area contributed by atoms with Gasteiger partial charge in [-0.15, -0.1) is 5.06 Å². The minimum Gasteiger partial charge on any atom is -0.408 e. The molecule has 3 aromatic rings. The molecule has 0 spiro atoms. The van der Waals surface area contributed by atoms with Crippen molar-refractivity contribution in [2.75, 3.05) is 32.7 Å². The number of hydroxylamine groups is 2. The number of fused-ring (bicyclic) bond motifs is 1. The number of aromatic amines is 1. The summed E-state index contributed by atoms with van der Waals surface area (Å²) < 4.78 is 5.01. The van der Waals surface area contributed by atoms with E-state index in [2.05, 4.69) is 21.3 Å². The van der Waals surface area contributed by atoms with E-state index in [9.17, 15) is 14.4 Å². The molecule has 1 fully saturated rings. The molecule has 1 amide bonds. The van der Waals surface area contributed by atoms with E-state index in [0.717, 1.165) is 5.56 Å². The second-order valence-corrected chi connectivity index (χ2v) is 7.71. The number of oxazole rings is 1. The molecule has 0 radical (unpaired) electrons. The Hall–Kier alpha value is -3.94. The van der Waals surface area contributed by atoms with Gasteiger partial charge in [0.1, 0.15) is 0 Å². The number of hydrogen-bond donors (Lipinski definition) is 2. The first-order chi connectivity index (χ1) is 16.0. The predicted octanol–water partition coefficient (Wildman–Crippen LogP) is 2.02. The van der Waals surface area contributed by atoms with E-state index in [-0.39, 0.29) is 5.78 Å². The molecule has 1 aliphatic heterocycles. The van der Waals surface area contributed by atoms with E-state index in [1.165, 1.54) is 0 Å². The quantitative estimate of drug-likeness (QED) is 0.524. The number of hydrogen-bond acceptors (Lipinski definition) is 8. The molecule has 170 valence electrons. The highest BCUT2D eigenvalue weighted by molar-refractivity contribution is 5.98. The fourth-order valence-corrected chi connectivity index (χ4v) is 3.59. The van der Waals surface area contributed by atoms with E-state index < -0.39 is 11.8 Å². The zero-order valence-corrected chi connectivity index (χ0v) is 17.9. The van der Waals surface area contributed by atoms with Gasteiger partial charge in [-0.1, -0.05) is 12.1 Å². The van der Waals surface area contributed by atoms with Gasteiger partial charge in [0.2, 0.25) is 0 Å². The highest BCUT2D eigenvalue weighted by Gasteiger charge is 2.21. The van der Waals surface area contributed by atoms with Crippen LogP contribution in [-0.4, -0.2) is 59.5 Å². The molecule has 1 saturated heterocycles. The van der Waals surface area contributed by atoms with Crippen molar-refractivity contribution in [2.45, 2.75) is 13.0 Å². The van der Waals surface area contributed by atoms with Gasteiger partial charge < -0.3 is 19.5 Å². The first-order valence-corrected chi connectivity index (χ1v) is 10.6. The number of amides is 1. The molecule has 1 aromatic heterocycles. The third-order valence-corrected chi connectivity index (χ3v) is 5.46. The van der Waals surface area contributed by atoms with Crippen molar-refractivity contribution in [1.82, 2.24) is 20.3 Å². The highest BCUT2D eigenvalue weighted by atomic mass is 16.7. The molecule has 10 nitrogen and oxygen atoms in total. The fraction of sp³-hybridized carbons (Fsp3) is 0.304. The van der Waals surface area contributed by atoms with Gasteiger partial charge in [-0.25, -0.2) is 9.59 Å². The van der Waals surface area contributed by atoms with Gasteiger partial charge in [0.05, 0.1) is 17.1 Å². The number of nitrogens with zero attached hydrogens (tertiary/aromatic N) is 3. The summed E-state index contributed by atoms with van der Waals surface area (Å²) in [6.45, 7) is 3.32. The van der Waals surface area contributed by atoms with Crippen LogP contribution in [-0.2, 0) is 11.4 Å². The molecule has 2 aromatic carbocycles. The van der Waals surface area contributed by atoms with Gasteiger partial charge in [-0.3, -0.25) is 9.78 Å². The van der Waals surface area contributed by atoms with Gasteiger partial charge in [0.25, 0.3) is 0 Å². The maximum absolute atomic E-state index is 12.5. The number of ketones is 1. The molecule has 2 heterocycles. The number of benzene rings is 2. The first kappa shape index (κ1) is 22.3. The van der Waals surface area contributed by atoms with Gasteiger partial charge >= 0.3 is 11.8 Å². The van der Waals surface area contributed by atoms with Gasteiger partial charge in [0, 0.05) is 51.3 Å². The lowest BCUT2D eigenvalue weighted by Gasteiger charge is -2.33. The van der Waals surface area contributed by atoms with E-state index in [1.54, 1.807) is 47.5 Å². The zero-order chi connectivity index (χ0) is 23.2. The minimum absolute atomic E-state index is 0.0263. The molecule has 0 unspecified atom stereocenters. The van der Waals surface area contributed by atoms with Crippen LogP contribution in [0.2, 0.25) is 0 Å². The summed E-state index contributed by atoms with van der Waals surface area (Å²) >= 11 is 0. The van der Waals surface area contributed by atoms with Gasteiger partial charge in [-0.2, -0.15) is 5.26 Å². The average molecular weight is 449 g/mol. The summed E-state index contributed by atoms with van der Waals surface area (Å²) in [5, 5.41) is 13.1. The van der Waals surface area contributed by atoms with E-state index in [4.69, 9.17) is 14.5 Å². The Labute approximate surface area is 189 Å². The van der Waals surface area contributed by atoms with Crippen LogP contribution in [0.15, 0.2) is 51.7 Å². The van der Waals surface area contributed by atoms with Crippen LogP contribution in [0.5, 0.6) is 0 Å². The molecule has 0 aliphatic carbocycles. The van der Waals surface area contributed by atoms with Crippen molar-refractivity contribution >= 4 is 23.0 Å². The average Bonchev–Trinajstić information content (AvgIpc) is 3.21. The molecule has 2 N–H and O–H groups in total. The predicted molar refractivity (Wildman–Crippen MR) is 118 cm³/mol. The summed E-state index contributed by atoms with van der Waals surface area (Å²) in [6, 6.07) is 13.9. The van der Waals surface area contributed by atoms with Crippen molar-refractivity contribution < 1.29 is 18.8 Å². The number of carbonyl (C=O) groups is 2. The molecule has 4 rings (SSSR count). The summed E-state index contributed by atoms with van der Waals surface area (Å²) in [4.78, 5) is 45.8. The second kappa shape index (κ2) is 10.1. The molecule has 0 atom stereocenters. The van der Waals surface area contributed by atoms with Gasteiger partial charge in [0.15, 0.2) is 11.4 Å². The fourth-order valence-electron chi connectivity index (χ4n) is 3.59. The smallest absolute Gasteiger partial charge is 0.408 e. The number of Topliss-reactive ketones (excluding diaryl/α,β-unsaturated/α-hetero) is 1. The van der Waals surface area contributed by atoms with Crippen LogP contribution in [0.4, 0.5) is 4.79 Å². The lowest BCUT2D eigenvalue weighted by Crippen LogP contribution is -2.48. The third-order valence-electron chi connectivity index (χ3n) is 5.46. The monoisotopic (exact) mass is 449 g/mol. The Kier molecular flexibility index (Phi) is 6.83. The SMILES string of the molecule is N#Cc1ccc(CNC(=O)ON2CCN(CCC(=O)c3ccc4[nH]c(=O)oc4c3)CC2)cc1. The minimum atomic E-state index is -0.544. The summed E-state index contributed by atoms with van der Waals surface area (Å²) in [5.74, 6) is -0.570. The number of H-pyrrole nitrogens is 1. The number of rotatable bonds is 7. The number of nitrogens with one attached hydrogen (secondary N) is 2. The van der Waals surface area contributed by atoms with Crippen LogP contribution >= 0.6 is 0 Å². The van der Waals surface area contributed by atoms with Crippen LogP contribution in [0.3, 0.4) is 0 Å². The van der Waals surface area contributed by atoms with Crippen molar-refractivity contribution in [3.63, 3.8) is 0 Å². The van der Waals surface area contributed by atoms with Crippen LogP contribution < -0.4 is 11.1 Å². The van der Waals surface area contributed by atoms with Crippen LogP contribution in [0, 0.1) is 11.3 Å². The highest BCUT2D eigenvalue weighted by Crippen LogP contribution is 2.14. The normalized spacial score (nSPS) is 14.6. The van der Waals surface area contributed by atoms with Crippen molar-refractivity contribution in [3.05, 3.63) is 69.7 Å². The van der Waals surface area contributed by atoms with Crippen molar-refractivity contribution in [2.24, 2.45) is 0 Å². The van der Waals surface area contributed by atoms with Gasteiger partial charge in [-0.05, 0) is 35.9 Å². The topological polar surface area (TPSA) is 132 Å². The molecule has 1 aliphatic rings. The number of aromatic nitrogens is 1. The molecule has 0 saturated carbocycles. The maximum Gasteiger partial charge on any atom is 0.426 e. The number of nitriles is 1. The first-order valence-electron chi connectivity index (χ1n) is 10.6. The lowest BCUT2D eigenvalue weighted by molar-refractivity contribution is -0.122. The molecular formula is C23H23N5O5. The summed E-state index contributed by atoms with van der Waals surface area (Å²) in [7, 11) is 0. The standard InChI is InChI=1S/C23H23N5O5/c24-14-16-1-3-17(4-2-16)15-25-22(30)33-28-11-9-27(10-12-28)8-7-20(29)18-5-6-19-21(13-18)32-23(31)26-19/h1-6,13H,7-12,15H2,(H,25,30)(H,26,31). The lowest BCUT2D eigenvalue weighted by atomic mass is 10.1. The number of carbonyl (C=O) groups excluding carboxylic acids is 2. The summed E-state index contributed by atoms with van der Waals surface area (Å²) in [5.41, 5.74) is 2.88. The number of piperazine rings is 1. The Morgan fingerprint density at radius 2 is 1.88 bits per heavy atom. The van der Waals surface area contributed by atoms with Crippen LogP contribution in [0.1, 0.15) is 27.9 Å².